The molecule has 4 heteroatoms. The smallest absolute Gasteiger partial charge is 0.0468 e. The Morgan fingerprint density at radius 1 is 0.170 bits per heavy atom. The molecular formula is C84H68N4. The van der Waals surface area contributed by atoms with Crippen LogP contribution in [0.25, 0.3) is 66.1 Å². The van der Waals surface area contributed by atoms with E-state index in [1.807, 2.05) is 0 Å². The van der Waals surface area contributed by atoms with E-state index in [4.69, 9.17) is 0 Å². The van der Waals surface area contributed by atoms with Crippen LogP contribution in [0.1, 0.15) is 11.1 Å². The zero-order valence-corrected chi connectivity index (χ0v) is 50.1. The lowest BCUT2D eigenvalue weighted by molar-refractivity contribution is 1.20. The molecule has 0 saturated heterocycles. The van der Waals surface area contributed by atoms with Crippen LogP contribution in [0, 0.1) is 13.8 Å². The fraction of sp³-hybridized carbons (Fsp3) is 0.0476. The van der Waals surface area contributed by atoms with Gasteiger partial charge in [-0.05, 0) is 207 Å². The Bertz CT molecular complexity index is 4640. The first-order chi connectivity index (χ1) is 43.2. The van der Waals surface area contributed by atoms with E-state index in [9.17, 15) is 0 Å². The molecule has 0 fully saturated rings. The summed E-state index contributed by atoms with van der Waals surface area (Å²) in [4.78, 5) is 9.15. The van der Waals surface area contributed by atoms with Crippen molar-refractivity contribution in [2.75, 3.05) is 33.7 Å². The van der Waals surface area contributed by atoms with Crippen LogP contribution in [0.15, 0.2) is 340 Å². The van der Waals surface area contributed by atoms with E-state index < -0.39 is 0 Å². The topological polar surface area (TPSA) is 13.0 Å². The molecule has 0 N–H and O–H groups in total. The first kappa shape index (κ1) is 56.0. The Balaban J connectivity index is 0.000000162. The third-order valence-corrected chi connectivity index (χ3v) is 16.6. The van der Waals surface area contributed by atoms with Crippen molar-refractivity contribution in [2.24, 2.45) is 0 Å². The lowest BCUT2D eigenvalue weighted by Gasteiger charge is -2.26. The number of fused-ring (bicyclic) bond motifs is 2. The molecular weight excluding hydrogens is 1060 g/mol. The molecule has 14 aromatic carbocycles. The molecule has 0 amide bonds. The minimum Gasteiger partial charge on any atom is -0.345 e. The number of benzene rings is 14. The number of anilines is 10. The maximum absolute atomic E-state index is 2.35. The predicted molar refractivity (Wildman–Crippen MR) is 377 cm³/mol. The molecule has 4 nitrogen and oxygen atoms in total. The van der Waals surface area contributed by atoms with Crippen LogP contribution < -0.4 is 19.6 Å². The summed E-state index contributed by atoms with van der Waals surface area (Å²) in [6, 6.07) is 122. The molecule has 14 aromatic rings. The van der Waals surface area contributed by atoms with Crippen LogP contribution in [0.3, 0.4) is 0 Å². The van der Waals surface area contributed by atoms with Crippen LogP contribution in [0.2, 0.25) is 0 Å². The van der Waals surface area contributed by atoms with E-state index >= 15 is 0 Å². The first-order valence-electron chi connectivity index (χ1n) is 30.2. The highest BCUT2D eigenvalue weighted by Gasteiger charge is 2.18. The lowest BCUT2D eigenvalue weighted by Crippen LogP contribution is -2.10. The molecule has 14 rings (SSSR count). The van der Waals surface area contributed by atoms with Gasteiger partial charge in [0, 0.05) is 71.0 Å². The van der Waals surface area contributed by atoms with Gasteiger partial charge in [0.25, 0.3) is 0 Å². The molecule has 0 radical (unpaired) electrons. The number of rotatable bonds is 14. The van der Waals surface area contributed by atoms with Crippen molar-refractivity contribution >= 4 is 78.4 Å². The second-order valence-electron chi connectivity index (χ2n) is 22.5. The van der Waals surface area contributed by atoms with Crippen LogP contribution in [-0.4, -0.2) is 14.1 Å². The standard InChI is InChI=1S/2C42H34N2/c1-31-10-8-16-40(28-31)43(2)38-23-18-34(19-24-38)35-20-25-39(26-21-35)44(42-27-22-33-13-6-7-14-36(33)30-42)41-17-9-15-37(29-41)32-11-4-3-5-12-32;1-31-15-22-38(23-16-31)43(2)39-24-17-34(18-25-39)35-19-26-40(27-20-35)44(42-28-21-33-11-6-7-12-36(33)30-42)41-14-8-13-37(29-41)32-9-4-3-5-10-32/h2*3-30H,1-2H3. The van der Waals surface area contributed by atoms with Crippen molar-refractivity contribution < 1.29 is 0 Å². The Labute approximate surface area is 518 Å². The summed E-state index contributed by atoms with van der Waals surface area (Å²) in [6.07, 6.45) is 0. The number of aryl methyl sites for hydroxylation is 2. The van der Waals surface area contributed by atoms with Gasteiger partial charge < -0.3 is 19.6 Å². The van der Waals surface area contributed by atoms with Crippen molar-refractivity contribution in [3.8, 4) is 44.5 Å². The lowest BCUT2D eigenvalue weighted by atomic mass is 10.0. The first-order valence-corrected chi connectivity index (χ1v) is 30.2. The van der Waals surface area contributed by atoms with Crippen molar-refractivity contribution in [1.29, 1.82) is 0 Å². The largest absolute Gasteiger partial charge is 0.345 e. The highest BCUT2D eigenvalue weighted by molar-refractivity contribution is 5.92. The third-order valence-electron chi connectivity index (χ3n) is 16.6. The summed E-state index contributed by atoms with van der Waals surface area (Å²) in [5, 5.41) is 4.92. The molecule has 0 aliphatic heterocycles. The molecule has 88 heavy (non-hydrogen) atoms. The summed E-state index contributed by atoms with van der Waals surface area (Å²) in [7, 11) is 4.23. The highest BCUT2D eigenvalue weighted by atomic mass is 15.1. The van der Waals surface area contributed by atoms with E-state index in [1.165, 1.54) is 88.6 Å². The SMILES string of the molecule is Cc1ccc(N(C)c2ccc(-c3ccc(N(c4cccc(-c5ccccc5)c4)c4ccc5ccccc5c4)cc3)cc2)cc1.Cc1cccc(N(C)c2ccc(-c3ccc(N(c4cccc(-c5ccccc5)c4)c4ccc5ccccc5c4)cc3)cc2)c1. The van der Waals surface area contributed by atoms with Gasteiger partial charge in [0.2, 0.25) is 0 Å². The Kier molecular flexibility index (Phi) is 16.3. The number of hydrogen-bond donors (Lipinski definition) is 0. The Morgan fingerprint density at radius 3 is 0.875 bits per heavy atom. The molecule has 0 bridgehead atoms. The fourth-order valence-corrected chi connectivity index (χ4v) is 11.7. The molecule has 0 aliphatic carbocycles. The maximum Gasteiger partial charge on any atom is 0.0468 e. The average molecular weight is 1130 g/mol. The van der Waals surface area contributed by atoms with Gasteiger partial charge >= 0.3 is 0 Å². The van der Waals surface area contributed by atoms with Gasteiger partial charge in [0.15, 0.2) is 0 Å². The maximum atomic E-state index is 2.35. The van der Waals surface area contributed by atoms with Crippen molar-refractivity contribution in [3.63, 3.8) is 0 Å². The Hall–Kier alpha value is -11.2. The van der Waals surface area contributed by atoms with E-state index in [0.717, 1.165) is 45.5 Å². The monoisotopic (exact) mass is 1130 g/mol. The molecule has 0 saturated carbocycles. The quantitative estimate of drug-likeness (QED) is 0.108. The summed E-state index contributed by atoms with van der Waals surface area (Å²) in [6.45, 7) is 4.25. The van der Waals surface area contributed by atoms with Gasteiger partial charge in [-0.3, -0.25) is 0 Å². The molecule has 0 atom stereocenters. The molecule has 424 valence electrons. The van der Waals surface area contributed by atoms with E-state index in [2.05, 4.69) is 387 Å². The normalized spacial score (nSPS) is 11.0. The van der Waals surface area contributed by atoms with Crippen LogP contribution >= 0.6 is 0 Å². The van der Waals surface area contributed by atoms with Crippen molar-refractivity contribution in [2.45, 2.75) is 13.8 Å². The molecule has 0 spiro atoms. The van der Waals surface area contributed by atoms with E-state index in [0.29, 0.717) is 0 Å². The molecule has 0 heterocycles. The summed E-state index contributed by atoms with van der Waals surface area (Å²) in [5.74, 6) is 0. The third kappa shape index (κ3) is 12.5. The van der Waals surface area contributed by atoms with Crippen molar-refractivity contribution in [3.05, 3.63) is 351 Å². The van der Waals surface area contributed by atoms with Gasteiger partial charge in [-0.2, -0.15) is 0 Å². The van der Waals surface area contributed by atoms with Gasteiger partial charge in [-0.1, -0.05) is 224 Å². The zero-order valence-electron chi connectivity index (χ0n) is 50.1. The summed E-state index contributed by atoms with van der Waals surface area (Å²) in [5.41, 5.74) is 23.5. The highest BCUT2D eigenvalue weighted by Crippen LogP contribution is 2.41. The van der Waals surface area contributed by atoms with Crippen molar-refractivity contribution in [1.82, 2.24) is 0 Å². The average Bonchev–Trinajstić information content (AvgIpc) is 3.07. The van der Waals surface area contributed by atoms with Gasteiger partial charge in [0.1, 0.15) is 0 Å². The second-order valence-corrected chi connectivity index (χ2v) is 22.5. The molecule has 0 unspecified atom stereocenters. The summed E-state index contributed by atoms with van der Waals surface area (Å²) < 4.78 is 0. The number of nitrogens with zero attached hydrogens (tertiary/aromatic N) is 4. The van der Waals surface area contributed by atoms with E-state index in [-0.39, 0.29) is 0 Å². The van der Waals surface area contributed by atoms with Gasteiger partial charge in [-0.15, -0.1) is 0 Å². The molecule has 0 aromatic heterocycles. The predicted octanol–water partition coefficient (Wildman–Crippen LogP) is 23.4. The Morgan fingerprint density at radius 2 is 0.466 bits per heavy atom. The summed E-state index contributed by atoms with van der Waals surface area (Å²) >= 11 is 0. The van der Waals surface area contributed by atoms with Gasteiger partial charge in [0.05, 0.1) is 0 Å². The van der Waals surface area contributed by atoms with E-state index in [1.54, 1.807) is 0 Å². The number of hydrogen-bond acceptors (Lipinski definition) is 4. The minimum atomic E-state index is 1.12. The van der Waals surface area contributed by atoms with Crippen LogP contribution in [-0.2, 0) is 0 Å². The fourth-order valence-electron chi connectivity index (χ4n) is 11.7. The van der Waals surface area contributed by atoms with Crippen LogP contribution in [0.5, 0.6) is 0 Å². The van der Waals surface area contributed by atoms with Crippen LogP contribution in [0.4, 0.5) is 56.9 Å². The molecule has 0 aliphatic rings. The van der Waals surface area contributed by atoms with Gasteiger partial charge in [-0.25, -0.2) is 0 Å². The second kappa shape index (κ2) is 25.6. The zero-order chi connectivity index (χ0) is 59.8. The minimum absolute atomic E-state index is 1.12.